The molecule has 6 atom stereocenters. The zero-order chi connectivity index (χ0) is 31.5. The minimum absolute atomic E-state index is 0.0945. The van der Waals surface area contributed by atoms with Crippen molar-refractivity contribution in [2.75, 3.05) is 6.54 Å². The predicted molar refractivity (Wildman–Crippen MR) is 167 cm³/mol. The lowest BCUT2D eigenvalue weighted by Gasteiger charge is -2.22. The van der Waals surface area contributed by atoms with Crippen molar-refractivity contribution in [3.05, 3.63) is 35.5 Å². The highest BCUT2D eigenvalue weighted by atomic mass is 16.5. The van der Waals surface area contributed by atoms with Gasteiger partial charge in [-0.05, 0) is 77.0 Å². The SMILES string of the molecule is CCC[C@@H]1OC(=O)/C(C)=C/[C@H](C)CCCCC(=O)CCCC(CC)/C=C/C=C(\C)CC[C@@H](O)[C@@H](O)C[C@H](O)CNC1=O. The minimum atomic E-state index is -1.14. The van der Waals surface area contributed by atoms with Gasteiger partial charge < -0.3 is 25.4 Å². The fraction of sp³-hybridized carbons (Fsp3) is 0.735. The molecule has 0 spiro atoms. The lowest BCUT2D eigenvalue weighted by atomic mass is 9.95. The molecule has 0 aliphatic carbocycles. The molecule has 1 aliphatic rings. The van der Waals surface area contributed by atoms with Crippen molar-refractivity contribution in [2.24, 2.45) is 11.8 Å². The van der Waals surface area contributed by atoms with E-state index in [2.05, 4.69) is 18.3 Å². The number of ether oxygens (including phenoxy) is 1. The molecule has 0 aromatic heterocycles. The summed E-state index contributed by atoms with van der Waals surface area (Å²) in [6.45, 7) is 9.58. The van der Waals surface area contributed by atoms with Gasteiger partial charge in [0.2, 0.25) is 0 Å². The highest BCUT2D eigenvalue weighted by molar-refractivity contribution is 5.91. The first kappa shape index (κ1) is 37.7. The monoisotopic (exact) mass is 591 g/mol. The molecule has 1 unspecified atom stereocenters. The summed E-state index contributed by atoms with van der Waals surface area (Å²) in [6.07, 6.45) is 12.3. The normalized spacial score (nSPS) is 33.1. The van der Waals surface area contributed by atoms with Crippen LogP contribution in [0.25, 0.3) is 0 Å². The van der Waals surface area contributed by atoms with Crippen molar-refractivity contribution < 1.29 is 34.4 Å². The van der Waals surface area contributed by atoms with E-state index in [4.69, 9.17) is 4.74 Å². The Labute approximate surface area is 253 Å². The van der Waals surface area contributed by atoms with Crippen molar-refractivity contribution >= 4 is 17.7 Å². The number of carbonyl (C=O) groups is 3. The van der Waals surface area contributed by atoms with E-state index in [0.29, 0.717) is 55.8 Å². The number of aliphatic hydroxyl groups is 3. The third kappa shape index (κ3) is 16.4. The number of aliphatic hydroxyl groups excluding tert-OH is 3. The van der Waals surface area contributed by atoms with Gasteiger partial charge in [0.25, 0.3) is 5.91 Å². The molecule has 0 bridgehead atoms. The molecule has 0 aromatic rings. The van der Waals surface area contributed by atoms with Crippen molar-refractivity contribution in [3.63, 3.8) is 0 Å². The van der Waals surface area contributed by atoms with E-state index in [1.165, 1.54) is 0 Å². The maximum Gasteiger partial charge on any atom is 0.334 e. The maximum atomic E-state index is 12.8. The topological polar surface area (TPSA) is 133 Å². The van der Waals surface area contributed by atoms with Gasteiger partial charge in [0, 0.05) is 31.4 Å². The van der Waals surface area contributed by atoms with Gasteiger partial charge in [-0.2, -0.15) is 0 Å². The van der Waals surface area contributed by atoms with Crippen LogP contribution in [0.1, 0.15) is 118 Å². The van der Waals surface area contributed by atoms with Crippen LogP contribution in [-0.2, 0) is 19.1 Å². The number of Topliss-reactive ketones (excluding diaryl/α,β-unsaturated/α-hetero) is 1. The van der Waals surface area contributed by atoms with Crippen molar-refractivity contribution in [2.45, 2.75) is 143 Å². The van der Waals surface area contributed by atoms with Crippen LogP contribution in [0.15, 0.2) is 35.5 Å². The molecule has 0 radical (unpaired) electrons. The number of carbonyl (C=O) groups excluding carboxylic acids is 3. The average molecular weight is 592 g/mol. The Kier molecular flexibility index (Phi) is 19.2. The van der Waals surface area contributed by atoms with Crippen LogP contribution in [0, 0.1) is 11.8 Å². The molecule has 42 heavy (non-hydrogen) atoms. The number of allylic oxidation sites excluding steroid dienone is 5. The number of β-amino-alcohol motifs (C(OH)–C–C–N with tert-alkyl or cyclic N) is 1. The van der Waals surface area contributed by atoms with Crippen LogP contribution in [0.5, 0.6) is 0 Å². The number of hydrogen-bond acceptors (Lipinski definition) is 7. The van der Waals surface area contributed by atoms with Gasteiger partial charge in [-0.15, -0.1) is 0 Å². The van der Waals surface area contributed by atoms with E-state index >= 15 is 0 Å². The first-order chi connectivity index (χ1) is 20.0. The van der Waals surface area contributed by atoms with Crippen molar-refractivity contribution in [1.29, 1.82) is 0 Å². The van der Waals surface area contributed by atoms with Gasteiger partial charge in [-0.3, -0.25) is 9.59 Å². The van der Waals surface area contributed by atoms with Gasteiger partial charge in [-0.1, -0.05) is 63.5 Å². The third-order valence-electron chi connectivity index (χ3n) is 7.94. The average Bonchev–Trinajstić information content (AvgIpc) is 2.95. The number of rotatable bonds is 3. The lowest BCUT2D eigenvalue weighted by Crippen LogP contribution is -2.42. The highest BCUT2D eigenvalue weighted by Crippen LogP contribution is 2.19. The summed E-state index contributed by atoms with van der Waals surface area (Å²) in [5.41, 5.74) is 1.50. The standard InChI is InChI=1S/C34H57NO7/c1-6-12-32-33(40)35-23-29(37)22-31(39)30(38)20-19-24(3)14-10-15-27(7-2)16-11-18-28(36)17-9-8-13-25(4)21-26(5)34(41)42-32/h10,14-15,21,25,27,29-32,37-39H,6-9,11-13,16-20,22-23H2,1-5H3,(H,35,40)/b15-10+,24-14+,26-21+/t25-,27?,29+,30-,31+,32+/m1/s1. The molecule has 1 aliphatic heterocycles. The van der Waals surface area contributed by atoms with Crippen LogP contribution in [0.2, 0.25) is 0 Å². The van der Waals surface area contributed by atoms with Gasteiger partial charge in [0.1, 0.15) is 5.78 Å². The predicted octanol–water partition coefficient (Wildman–Crippen LogP) is 5.49. The molecule has 0 aromatic carbocycles. The van der Waals surface area contributed by atoms with Crippen LogP contribution in [0.3, 0.4) is 0 Å². The first-order valence-corrected chi connectivity index (χ1v) is 16.0. The van der Waals surface area contributed by atoms with E-state index in [1.54, 1.807) is 6.92 Å². The Morgan fingerprint density at radius 1 is 0.929 bits per heavy atom. The highest BCUT2D eigenvalue weighted by Gasteiger charge is 2.25. The summed E-state index contributed by atoms with van der Waals surface area (Å²) >= 11 is 0. The minimum Gasteiger partial charge on any atom is -0.449 e. The summed E-state index contributed by atoms with van der Waals surface area (Å²) in [6, 6.07) is 0. The molecule has 0 saturated heterocycles. The molecule has 0 saturated carbocycles. The number of ketones is 1. The number of esters is 1. The van der Waals surface area contributed by atoms with E-state index in [1.807, 2.05) is 39.0 Å². The number of cyclic esters (lactones) is 1. The smallest absolute Gasteiger partial charge is 0.334 e. The molecular weight excluding hydrogens is 534 g/mol. The van der Waals surface area contributed by atoms with Crippen molar-refractivity contribution in [1.82, 2.24) is 5.32 Å². The summed E-state index contributed by atoms with van der Waals surface area (Å²) in [4.78, 5) is 37.9. The van der Waals surface area contributed by atoms with Crippen molar-refractivity contribution in [3.8, 4) is 0 Å². The summed E-state index contributed by atoms with van der Waals surface area (Å²) in [5, 5.41) is 33.8. The second kappa shape index (κ2) is 21.4. The summed E-state index contributed by atoms with van der Waals surface area (Å²) < 4.78 is 5.51. The lowest BCUT2D eigenvalue weighted by molar-refractivity contribution is -0.152. The zero-order valence-electron chi connectivity index (χ0n) is 26.6. The van der Waals surface area contributed by atoms with E-state index < -0.39 is 36.3 Å². The van der Waals surface area contributed by atoms with Crippen LogP contribution >= 0.6 is 0 Å². The van der Waals surface area contributed by atoms with Gasteiger partial charge in [0.15, 0.2) is 6.10 Å². The summed E-state index contributed by atoms with van der Waals surface area (Å²) in [7, 11) is 0. The molecule has 240 valence electrons. The third-order valence-corrected chi connectivity index (χ3v) is 7.94. The fourth-order valence-electron chi connectivity index (χ4n) is 5.10. The quantitative estimate of drug-likeness (QED) is 0.319. The maximum absolute atomic E-state index is 12.8. The largest absolute Gasteiger partial charge is 0.449 e. The summed E-state index contributed by atoms with van der Waals surface area (Å²) in [5.74, 6) is -0.221. The zero-order valence-corrected chi connectivity index (χ0v) is 26.6. The molecule has 8 nitrogen and oxygen atoms in total. The molecular formula is C34H57NO7. The molecule has 1 heterocycles. The molecule has 4 N–H and O–H groups in total. The number of nitrogens with one attached hydrogen (secondary N) is 1. The van der Waals surface area contributed by atoms with E-state index in [0.717, 1.165) is 44.1 Å². The Hall–Kier alpha value is -2.29. The van der Waals surface area contributed by atoms with Gasteiger partial charge >= 0.3 is 5.97 Å². The fourth-order valence-corrected chi connectivity index (χ4v) is 5.10. The van der Waals surface area contributed by atoms with Crippen LogP contribution < -0.4 is 5.32 Å². The Morgan fingerprint density at radius 3 is 2.33 bits per heavy atom. The Morgan fingerprint density at radius 2 is 1.64 bits per heavy atom. The Balaban J connectivity index is 2.93. The van der Waals surface area contributed by atoms with E-state index in [-0.39, 0.29) is 18.9 Å². The van der Waals surface area contributed by atoms with Crippen LogP contribution in [-0.4, -0.2) is 63.9 Å². The van der Waals surface area contributed by atoms with Crippen LogP contribution in [0.4, 0.5) is 0 Å². The van der Waals surface area contributed by atoms with Gasteiger partial charge in [0.05, 0.1) is 18.3 Å². The Bertz CT molecular complexity index is 910. The van der Waals surface area contributed by atoms with Gasteiger partial charge in [-0.25, -0.2) is 4.79 Å². The molecule has 1 amide bonds. The number of amides is 1. The second-order valence-electron chi connectivity index (χ2n) is 12.1. The molecule has 1 rings (SSSR count). The van der Waals surface area contributed by atoms with E-state index in [9.17, 15) is 29.7 Å². The second-order valence-corrected chi connectivity index (χ2v) is 12.1. The molecule has 8 heteroatoms. The first-order valence-electron chi connectivity index (χ1n) is 16.0. The molecule has 0 fully saturated rings. The number of hydrogen-bond donors (Lipinski definition) is 4.